The molecule has 33 heavy (non-hydrogen) atoms. The highest BCUT2D eigenvalue weighted by Crippen LogP contribution is 2.28. The summed E-state index contributed by atoms with van der Waals surface area (Å²) < 4.78 is 15.5. The summed E-state index contributed by atoms with van der Waals surface area (Å²) in [7, 11) is 1.61. The Morgan fingerprint density at radius 2 is 2.06 bits per heavy atom. The smallest absolute Gasteiger partial charge is 0.325 e. The summed E-state index contributed by atoms with van der Waals surface area (Å²) >= 11 is 13.6. The number of nitrogens with zero attached hydrogens (tertiary/aromatic N) is 2. The lowest BCUT2D eigenvalue weighted by Crippen LogP contribution is -2.31. The highest BCUT2D eigenvalue weighted by atomic mass is 35.5. The topological polar surface area (TPSA) is 77.4 Å². The first-order valence-corrected chi connectivity index (χ1v) is 11.7. The number of rotatable bonds is 7. The van der Waals surface area contributed by atoms with Gasteiger partial charge < -0.3 is 14.8 Å². The van der Waals surface area contributed by atoms with Crippen LogP contribution < -0.4 is 14.8 Å². The van der Waals surface area contributed by atoms with Gasteiger partial charge in [-0.3, -0.25) is 9.40 Å². The van der Waals surface area contributed by atoms with Gasteiger partial charge in [0.2, 0.25) is 0 Å². The molecule has 1 aliphatic rings. The number of carbonyl (C=O) groups is 1. The van der Waals surface area contributed by atoms with Crippen LogP contribution in [0, 0.1) is 0 Å². The Balaban J connectivity index is 1.37. The van der Waals surface area contributed by atoms with E-state index < -0.39 is 0 Å². The van der Waals surface area contributed by atoms with Gasteiger partial charge >= 0.3 is 6.03 Å². The average Bonchev–Trinajstić information content (AvgIpc) is 3.23. The molecule has 10 heteroatoms. The fraction of sp³-hybridized carbons (Fsp3) is 0.217. The van der Waals surface area contributed by atoms with E-state index in [1.54, 1.807) is 19.4 Å². The summed E-state index contributed by atoms with van der Waals surface area (Å²) in [5.41, 5.74) is 3.87. The summed E-state index contributed by atoms with van der Waals surface area (Å²) in [6.45, 7) is 1.79. The van der Waals surface area contributed by atoms with Crippen LogP contribution in [0.1, 0.15) is 16.8 Å². The molecule has 7 nitrogen and oxygen atoms in total. The molecular formula is C23H22Cl2N4O3S. The summed E-state index contributed by atoms with van der Waals surface area (Å²) in [6, 6.07) is 12.6. The van der Waals surface area contributed by atoms with Crippen LogP contribution in [0.4, 0.5) is 4.79 Å². The highest BCUT2D eigenvalue weighted by molar-refractivity contribution is 7.98. The number of amides is 2. The van der Waals surface area contributed by atoms with Gasteiger partial charge in [0.15, 0.2) is 0 Å². The number of hydrogen-bond donors (Lipinski definition) is 2. The largest absolute Gasteiger partial charge is 0.497 e. The maximum absolute atomic E-state index is 12.2. The van der Waals surface area contributed by atoms with Crippen molar-refractivity contribution in [3.63, 3.8) is 0 Å². The van der Waals surface area contributed by atoms with E-state index in [2.05, 4.69) is 15.1 Å². The van der Waals surface area contributed by atoms with Crippen molar-refractivity contribution < 1.29 is 14.3 Å². The van der Waals surface area contributed by atoms with Gasteiger partial charge in [-0.25, -0.2) is 4.79 Å². The Bertz CT molecular complexity index is 1170. The number of methoxy groups -OCH3 is 1. The third-order valence-electron chi connectivity index (χ3n) is 5.00. The third-order valence-corrected chi connectivity index (χ3v) is 6.38. The molecule has 0 radical (unpaired) electrons. The van der Waals surface area contributed by atoms with Crippen molar-refractivity contribution in [3.05, 3.63) is 81.6 Å². The molecule has 0 aliphatic carbocycles. The van der Waals surface area contributed by atoms with Crippen molar-refractivity contribution in [3.8, 4) is 5.75 Å². The predicted molar refractivity (Wildman–Crippen MR) is 131 cm³/mol. The number of benzene rings is 2. The number of carbonyl (C=O) groups excluding carboxylic acids is 1. The minimum Gasteiger partial charge on any atom is -0.497 e. The van der Waals surface area contributed by atoms with Crippen LogP contribution in [0.3, 0.4) is 0 Å². The Morgan fingerprint density at radius 3 is 2.82 bits per heavy atom. The van der Waals surface area contributed by atoms with E-state index in [0.29, 0.717) is 36.3 Å². The van der Waals surface area contributed by atoms with E-state index in [9.17, 15) is 4.79 Å². The van der Waals surface area contributed by atoms with Gasteiger partial charge in [0.1, 0.15) is 5.75 Å². The first-order chi connectivity index (χ1) is 16.0. The minimum atomic E-state index is -0.286. The summed E-state index contributed by atoms with van der Waals surface area (Å²) in [5, 5.41) is 8.54. The second kappa shape index (κ2) is 11.0. The minimum absolute atomic E-state index is 0.286. The quantitative estimate of drug-likeness (QED) is 0.434. The number of hydrogen-bond acceptors (Lipinski definition) is 5. The van der Waals surface area contributed by atoms with E-state index in [1.807, 2.05) is 47.2 Å². The molecular weight excluding hydrogens is 483 g/mol. The van der Waals surface area contributed by atoms with E-state index in [0.717, 1.165) is 33.0 Å². The average molecular weight is 505 g/mol. The predicted octanol–water partition coefficient (Wildman–Crippen LogP) is 5.17. The molecule has 3 aromatic rings. The maximum atomic E-state index is 12.2. The SMILES string of the molecule is COc1ccc(SNC(=O)NC/C=C2\COCc3cnn(Cc4ccc(Cl)cc4Cl)c32)cc1. The van der Waals surface area contributed by atoms with Gasteiger partial charge in [0.25, 0.3) is 0 Å². The molecule has 4 rings (SSSR count). The number of halogens is 2. The molecule has 0 spiro atoms. The van der Waals surface area contributed by atoms with Crippen LogP contribution in [0.15, 0.2) is 59.6 Å². The number of urea groups is 1. The van der Waals surface area contributed by atoms with Crippen LogP contribution in [-0.2, 0) is 17.9 Å². The van der Waals surface area contributed by atoms with Crippen LogP contribution in [0.5, 0.6) is 5.75 Å². The molecule has 2 aromatic carbocycles. The molecule has 0 saturated heterocycles. The van der Waals surface area contributed by atoms with Gasteiger partial charge in [-0.15, -0.1) is 0 Å². The van der Waals surface area contributed by atoms with Crippen LogP contribution in [0.25, 0.3) is 5.57 Å². The third kappa shape index (κ3) is 6.03. The molecule has 0 saturated carbocycles. The second-order valence-electron chi connectivity index (χ2n) is 7.22. The zero-order chi connectivity index (χ0) is 23.2. The summed E-state index contributed by atoms with van der Waals surface area (Å²) in [4.78, 5) is 13.1. The van der Waals surface area contributed by atoms with Crippen molar-refractivity contribution in [2.75, 3.05) is 20.3 Å². The lowest BCUT2D eigenvalue weighted by atomic mass is 10.1. The van der Waals surface area contributed by atoms with Gasteiger partial charge in [-0.05, 0) is 53.9 Å². The monoisotopic (exact) mass is 504 g/mol. The molecule has 0 unspecified atom stereocenters. The van der Waals surface area contributed by atoms with E-state index in [-0.39, 0.29) is 6.03 Å². The molecule has 1 aliphatic heterocycles. The van der Waals surface area contributed by atoms with E-state index >= 15 is 0 Å². The van der Waals surface area contributed by atoms with Crippen molar-refractivity contribution in [2.24, 2.45) is 0 Å². The lowest BCUT2D eigenvalue weighted by Gasteiger charge is -2.19. The normalized spacial score (nSPS) is 14.1. The van der Waals surface area contributed by atoms with Crippen molar-refractivity contribution in [1.82, 2.24) is 19.8 Å². The number of nitrogens with one attached hydrogen (secondary N) is 2. The second-order valence-corrected chi connectivity index (χ2v) is 8.95. The standard InChI is InChI=1S/C23H22Cl2N4O3S/c1-31-19-4-6-20(7-5-19)33-28-23(30)26-9-8-16-13-32-14-17-11-27-29(22(16)17)12-15-2-3-18(24)10-21(15)25/h2-8,10-11H,9,12-14H2,1H3,(H2,26,28,30)/b16-8+. The van der Waals surface area contributed by atoms with E-state index in [1.165, 1.54) is 11.9 Å². The maximum Gasteiger partial charge on any atom is 0.325 e. The lowest BCUT2D eigenvalue weighted by molar-refractivity contribution is 0.145. The van der Waals surface area contributed by atoms with Crippen molar-refractivity contribution >= 4 is 46.8 Å². The Morgan fingerprint density at radius 1 is 1.24 bits per heavy atom. The zero-order valence-corrected chi connectivity index (χ0v) is 20.1. The van der Waals surface area contributed by atoms with Gasteiger partial charge in [0.05, 0.1) is 38.8 Å². The number of aromatic nitrogens is 2. The molecule has 0 atom stereocenters. The Hall–Kier alpha value is -2.65. The summed E-state index contributed by atoms with van der Waals surface area (Å²) in [6.07, 6.45) is 3.75. The fourth-order valence-electron chi connectivity index (χ4n) is 3.38. The molecule has 2 amide bonds. The van der Waals surface area contributed by atoms with E-state index in [4.69, 9.17) is 32.7 Å². The molecule has 2 heterocycles. The highest BCUT2D eigenvalue weighted by Gasteiger charge is 2.20. The Labute approximate surface area is 206 Å². The van der Waals surface area contributed by atoms with Crippen molar-refractivity contribution in [1.29, 1.82) is 0 Å². The molecule has 172 valence electrons. The van der Waals surface area contributed by atoms with Crippen LogP contribution in [-0.4, -0.2) is 36.1 Å². The molecule has 0 fully saturated rings. The molecule has 2 N–H and O–H groups in total. The van der Waals surface area contributed by atoms with Crippen LogP contribution in [0.2, 0.25) is 10.0 Å². The van der Waals surface area contributed by atoms with Crippen LogP contribution >= 0.6 is 35.1 Å². The van der Waals surface area contributed by atoms with Gasteiger partial charge in [-0.1, -0.05) is 35.3 Å². The first kappa shape index (κ1) is 23.5. The number of ether oxygens (including phenoxy) is 2. The number of fused-ring (bicyclic) bond motifs is 1. The summed E-state index contributed by atoms with van der Waals surface area (Å²) in [5.74, 6) is 0.766. The Kier molecular flexibility index (Phi) is 7.82. The zero-order valence-electron chi connectivity index (χ0n) is 17.8. The molecule has 0 bridgehead atoms. The fourth-order valence-corrected chi connectivity index (χ4v) is 4.40. The van der Waals surface area contributed by atoms with Gasteiger partial charge in [0, 0.05) is 32.6 Å². The van der Waals surface area contributed by atoms with Crippen molar-refractivity contribution in [2.45, 2.75) is 18.0 Å². The first-order valence-electron chi connectivity index (χ1n) is 10.1. The van der Waals surface area contributed by atoms with Gasteiger partial charge in [-0.2, -0.15) is 5.10 Å². The molecule has 1 aromatic heterocycles.